The van der Waals surface area contributed by atoms with E-state index in [1.54, 1.807) is 23.1 Å². The summed E-state index contributed by atoms with van der Waals surface area (Å²) in [4.78, 5) is 25.5. The van der Waals surface area contributed by atoms with Crippen molar-refractivity contribution in [3.8, 4) is 5.75 Å². The molecule has 22 heavy (non-hydrogen) atoms. The highest BCUT2D eigenvalue weighted by atomic mass is 35.5. The number of carbonyl (C=O) groups is 2. The van der Waals surface area contributed by atoms with Crippen LogP contribution >= 0.6 is 11.6 Å². The van der Waals surface area contributed by atoms with E-state index in [-0.39, 0.29) is 24.4 Å². The Balaban J connectivity index is 1.90. The van der Waals surface area contributed by atoms with Crippen LogP contribution in [0.2, 0.25) is 5.02 Å². The van der Waals surface area contributed by atoms with Crippen molar-refractivity contribution >= 4 is 23.5 Å². The van der Waals surface area contributed by atoms with E-state index < -0.39 is 0 Å². The van der Waals surface area contributed by atoms with Crippen LogP contribution in [0.25, 0.3) is 0 Å². The fraction of sp³-hybridized carbons (Fsp3) is 0.500. The molecule has 0 unspecified atom stereocenters. The van der Waals surface area contributed by atoms with Crippen molar-refractivity contribution < 1.29 is 19.1 Å². The van der Waals surface area contributed by atoms with Gasteiger partial charge in [-0.3, -0.25) is 9.59 Å². The zero-order valence-electron chi connectivity index (χ0n) is 12.8. The molecule has 0 radical (unpaired) electrons. The minimum Gasteiger partial charge on any atom is -0.483 e. The van der Waals surface area contributed by atoms with Gasteiger partial charge in [-0.2, -0.15) is 0 Å². The molecule has 1 atom stereocenters. The van der Waals surface area contributed by atoms with Gasteiger partial charge < -0.3 is 14.4 Å². The number of halogens is 1. The number of nitrogens with zero attached hydrogens (tertiary/aromatic N) is 1. The number of methoxy groups -OCH3 is 1. The molecule has 0 aliphatic carbocycles. The number of ether oxygens (including phenoxy) is 2. The quantitative estimate of drug-likeness (QED) is 0.798. The molecule has 6 heteroatoms. The molecule has 1 aliphatic heterocycles. The van der Waals surface area contributed by atoms with Crippen LogP contribution in [0.1, 0.15) is 18.4 Å². The molecule has 5 nitrogen and oxygen atoms in total. The highest BCUT2D eigenvalue weighted by Gasteiger charge is 2.29. The maximum absolute atomic E-state index is 12.2. The van der Waals surface area contributed by atoms with Gasteiger partial charge in [0.05, 0.1) is 13.0 Å². The fourth-order valence-electron chi connectivity index (χ4n) is 2.57. The molecule has 0 N–H and O–H groups in total. The lowest BCUT2D eigenvalue weighted by Crippen LogP contribution is -2.44. The molecule has 1 aromatic carbocycles. The van der Waals surface area contributed by atoms with Gasteiger partial charge in [0.2, 0.25) is 0 Å². The summed E-state index contributed by atoms with van der Waals surface area (Å²) in [6, 6.07) is 5.26. The van der Waals surface area contributed by atoms with Gasteiger partial charge >= 0.3 is 5.97 Å². The average molecular weight is 326 g/mol. The van der Waals surface area contributed by atoms with E-state index in [0.29, 0.717) is 23.9 Å². The molecular weight excluding hydrogens is 306 g/mol. The van der Waals surface area contributed by atoms with E-state index >= 15 is 0 Å². The molecule has 1 heterocycles. The second kappa shape index (κ2) is 7.49. The molecule has 120 valence electrons. The number of hydrogen-bond donors (Lipinski definition) is 0. The predicted molar refractivity (Wildman–Crippen MR) is 83.0 cm³/mol. The number of aryl methyl sites for hydroxylation is 1. The first-order valence-electron chi connectivity index (χ1n) is 7.26. The van der Waals surface area contributed by atoms with Crippen LogP contribution in [-0.4, -0.2) is 43.6 Å². The van der Waals surface area contributed by atoms with Crippen LogP contribution in [0.15, 0.2) is 18.2 Å². The minimum atomic E-state index is -0.257. The number of piperidine rings is 1. The number of likely N-dealkylation sites (tertiary alicyclic amines) is 1. The number of hydrogen-bond acceptors (Lipinski definition) is 4. The average Bonchev–Trinajstić information content (AvgIpc) is 2.53. The first kappa shape index (κ1) is 16.6. The predicted octanol–water partition coefficient (Wildman–Crippen LogP) is 2.44. The summed E-state index contributed by atoms with van der Waals surface area (Å²) in [5.41, 5.74) is 0.881. The Kier molecular flexibility index (Phi) is 5.66. The number of carbonyl (C=O) groups excluding carboxylic acids is 2. The fourth-order valence-corrected chi connectivity index (χ4v) is 2.79. The normalized spacial score (nSPS) is 18.0. The third-order valence-electron chi connectivity index (χ3n) is 3.80. The van der Waals surface area contributed by atoms with Gasteiger partial charge in [-0.25, -0.2) is 0 Å². The standard InChI is InChI=1S/C16H20ClNO4/c1-11-8-13(17)5-6-14(11)22-10-15(19)18-7-3-4-12(9-18)16(20)21-2/h5-6,8,12H,3-4,7,9-10H2,1-2H3/t12-/m1/s1. The van der Waals surface area contributed by atoms with Gasteiger partial charge in [0, 0.05) is 18.1 Å². The first-order chi connectivity index (χ1) is 10.5. The number of rotatable bonds is 4. The van der Waals surface area contributed by atoms with E-state index in [0.717, 1.165) is 18.4 Å². The van der Waals surface area contributed by atoms with Crippen LogP contribution in [0.3, 0.4) is 0 Å². The van der Waals surface area contributed by atoms with Crippen LogP contribution in [0, 0.1) is 12.8 Å². The van der Waals surface area contributed by atoms with Gasteiger partial charge in [-0.05, 0) is 43.5 Å². The Morgan fingerprint density at radius 1 is 1.41 bits per heavy atom. The molecule has 0 bridgehead atoms. The Morgan fingerprint density at radius 3 is 2.86 bits per heavy atom. The third kappa shape index (κ3) is 4.13. The third-order valence-corrected chi connectivity index (χ3v) is 4.03. The van der Waals surface area contributed by atoms with Gasteiger partial charge in [-0.15, -0.1) is 0 Å². The van der Waals surface area contributed by atoms with Gasteiger partial charge in [0.1, 0.15) is 5.75 Å². The van der Waals surface area contributed by atoms with Crippen molar-refractivity contribution in [3.63, 3.8) is 0 Å². The van der Waals surface area contributed by atoms with Gasteiger partial charge in [0.15, 0.2) is 6.61 Å². The Morgan fingerprint density at radius 2 is 2.18 bits per heavy atom. The summed E-state index contributed by atoms with van der Waals surface area (Å²) in [7, 11) is 1.37. The lowest BCUT2D eigenvalue weighted by molar-refractivity contribution is -0.149. The molecular formula is C16H20ClNO4. The molecule has 1 fully saturated rings. The van der Waals surface area contributed by atoms with Gasteiger partial charge in [-0.1, -0.05) is 11.6 Å². The second-order valence-electron chi connectivity index (χ2n) is 5.40. The molecule has 2 rings (SSSR count). The molecule has 0 saturated carbocycles. The maximum Gasteiger partial charge on any atom is 0.310 e. The number of esters is 1. The van der Waals surface area contributed by atoms with Crippen molar-refractivity contribution in [2.45, 2.75) is 19.8 Å². The molecule has 1 aromatic rings. The van der Waals surface area contributed by atoms with E-state index in [4.69, 9.17) is 21.1 Å². The van der Waals surface area contributed by atoms with Crippen molar-refractivity contribution in [2.75, 3.05) is 26.8 Å². The lowest BCUT2D eigenvalue weighted by Gasteiger charge is -2.31. The Labute approximate surface area is 135 Å². The Hall–Kier alpha value is -1.75. The van der Waals surface area contributed by atoms with Crippen LogP contribution in [-0.2, 0) is 14.3 Å². The van der Waals surface area contributed by atoms with E-state index in [1.165, 1.54) is 7.11 Å². The highest BCUT2D eigenvalue weighted by Crippen LogP contribution is 2.22. The van der Waals surface area contributed by atoms with E-state index in [1.807, 2.05) is 6.92 Å². The summed E-state index contributed by atoms with van der Waals surface area (Å²) in [6.45, 7) is 2.87. The summed E-state index contributed by atoms with van der Waals surface area (Å²) in [6.07, 6.45) is 1.55. The zero-order chi connectivity index (χ0) is 16.1. The van der Waals surface area contributed by atoms with Crippen molar-refractivity contribution in [1.82, 2.24) is 4.90 Å². The zero-order valence-corrected chi connectivity index (χ0v) is 13.6. The van der Waals surface area contributed by atoms with E-state index in [9.17, 15) is 9.59 Å². The monoisotopic (exact) mass is 325 g/mol. The van der Waals surface area contributed by atoms with Crippen molar-refractivity contribution in [2.24, 2.45) is 5.92 Å². The highest BCUT2D eigenvalue weighted by molar-refractivity contribution is 6.30. The summed E-state index contributed by atoms with van der Waals surface area (Å²) in [5.74, 6) is 0.0224. The minimum absolute atomic E-state index is 0.0453. The summed E-state index contributed by atoms with van der Waals surface area (Å²) in [5, 5.41) is 0.633. The summed E-state index contributed by atoms with van der Waals surface area (Å²) < 4.78 is 10.3. The Bertz CT molecular complexity index is 561. The topological polar surface area (TPSA) is 55.8 Å². The van der Waals surface area contributed by atoms with Crippen molar-refractivity contribution in [3.05, 3.63) is 28.8 Å². The molecule has 1 amide bonds. The van der Waals surface area contributed by atoms with Crippen LogP contribution < -0.4 is 4.74 Å². The second-order valence-corrected chi connectivity index (χ2v) is 5.84. The van der Waals surface area contributed by atoms with Crippen LogP contribution in [0.5, 0.6) is 5.75 Å². The van der Waals surface area contributed by atoms with Crippen LogP contribution in [0.4, 0.5) is 0 Å². The molecule has 1 aliphatic rings. The molecule has 0 spiro atoms. The molecule has 1 saturated heterocycles. The lowest BCUT2D eigenvalue weighted by atomic mass is 9.98. The smallest absolute Gasteiger partial charge is 0.310 e. The first-order valence-corrected chi connectivity index (χ1v) is 7.63. The summed E-state index contributed by atoms with van der Waals surface area (Å²) >= 11 is 5.89. The maximum atomic E-state index is 12.2. The number of amides is 1. The largest absolute Gasteiger partial charge is 0.483 e. The SMILES string of the molecule is COC(=O)[C@@H]1CCCN(C(=O)COc2ccc(Cl)cc2C)C1. The van der Waals surface area contributed by atoms with Crippen molar-refractivity contribution in [1.29, 1.82) is 0 Å². The van der Waals surface area contributed by atoms with E-state index in [2.05, 4.69) is 0 Å². The van der Waals surface area contributed by atoms with Gasteiger partial charge in [0.25, 0.3) is 5.91 Å². The number of benzene rings is 1. The molecule has 0 aromatic heterocycles.